The summed E-state index contributed by atoms with van der Waals surface area (Å²) in [7, 11) is -1.05. The number of carbonyl (C=O) groups excluding carboxylic acids is 1. The van der Waals surface area contributed by atoms with Gasteiger partial charge in [0, 0.05) is 22.1 Å². The van der Waals surface area contributed by atoms with Gasteiger partial charge in [0.1, 0.15) is 0 Å². The van der Waals surface area contributed by atoms with Crippen molar-refractivity contribution in [3.63, 3.8) is 0 Å². The predicted octanol–water partition coefficient (Wildman–Crippen LogP) is 2.03. The molecule has 0 aromatic heterocycles. The maximum Gasteiger partial charge on any atom is 0.178 e. The van der Waals surface area contributed by atoms with E-state index in [1.165, 1.54) is 0 Å². The van der Waals surface area contributed by atoms with E-state index in [9.17, 15) is 9.00 Å². The number of rotatable bonds is 4. The Morgan fingerprint density at radius 2 is 1.93 bits per heavy atom. The average Bonchev–Trinajstić information content (AvgIpc) is 2.27. The van der Waals surface area contributed by atoms with Gasteiger partial charge >= 0.3 is 0 Å². The molecule has 0 fully saturated rings. The molecule has 2 nitrogen and oxygen atoms in total. The minimum Gasteiger partial charge on any atom is -0.293 e. The standard InChI is InChI=1S/C11H14O2S/c1-3-14(13)9(2)11(12)10-7-5-4-6-8-10/h4-9H,3H2,1-2H3. The molecule has 2 unspecified atom stereocenters. The first kappa shape index (κ1) is 11.1. The molecule has 1 rings (SSSR count). The summed E-state index contributed by atoms with van der Waals surface area (Å²) in [6, 6.07) is 9.00. The quantitative estimate of drug-likeness (QED) is 0.712. The van der Waals surface area contributed by atoms with Crippen LogP contribution < -0.4 is 0 Å². The first-order chi connectivity index (χ1) is 6.66. The number of carbonyl (C=O) groups is 1. The maximum atomic E-state index is 11.8. The number of hydrogen-bond acceptors (Lipinski definition) is 2. The van der Waals surface area contributed by atoms with E-state index >= 15 is 0 Å². The van der Waals surface area contributed by atoms with Crippen molar-refractivity contribution in [2.45, 2.75) is 19.1 Å². The fourth-order valence-corrected chi connectivity index (χ4v) is 2.08. The van der Waals surface area contributed by atoms with Crippen LogP contribution >= 0.6 is 0 Å². The Kier molecular flexibility index (Phi) is 4.01. The molecule has 1 aromatic carbocycles. The van der Waals surface area contributed by atoms with Crippen molar-refractivity contribution in [1.29, 1.82) is 0 Å². The molecule has 2 atom stereocenters. The van der Waals surface area contributed by atoms with Crippen LogP contribution in [0.3, 0.4) is 0 Å². The minimum absolute atomic E-state index is 0.0363. The second kappa shape index (κ2) is 5.05. The van der Waals surface area contributed by atoms with E-state index in [-0.39, 0.29) is 5.78 Å². The summed E-state index contributed by atoms with van der Waals surface area (Å²) < 4.78 is 11.4. The fourth-order valence-electron chi connectivity index (χ4n) is 1.21. The molecule has 0 heterocycles. The van der Waals surface area contributed by atoms with Crippen LogP contribution in [0.1, 0.15) is 24.2 Å². The van der Waals surface area contributed by atoms with E-state index in [0.717, 1.165) is 0 Å². The van der Waals surface area contributed by atoms with Gasteiger partial charge in [-0.25, -0.2) is 0 Å². The Hall–Kier alpha value is -0.960. The van der Waals surface area contributed by atoms with E-state index in [2.05, 4.69) is 0 Å². The second-order valence-corrected chi connectivity index (χ2v) is 5.09. The lowest BCUT2D eigenvalue weighted by atomic mass is 10.1. The number of ketones is 1. The van der Waals surface area contributed by atoms with Crippen LogP contribution in [-0.4, -0.2) is 21.0 Å². The highest BCUT2D eigenvalue weighted by Gasteiger charge is 2.19. The van der Waals surface area contributed by atoms with Gasteiger partial charge in [0.2, 0.25) is 0 Å². The Bertz CT molecular complexity index is 332. The summed E-state index contributed by atoms with van der Waals surface area (Å²) in [5.41, 5.74) is 0.641. The van der Waals surface area contributed by atoms with Crippen LogP contribution in [0, 0.1) is 0 Å². The fraction of sp³-hybridized carbons (Fsp3) is 0.364. The van der Waals surface area contributed by atoms with Gasteiger partial charge < -0.3 is 0 Å². The monoisotopic (exact) mass is 210 g/mol. The third kappa shape index (κ3) is 2.51. The van der Waals surface area contributed by atoms with Crippen molar-refractivity contribution in [3.05, 3.63) is 35.9 Å². The van der Waals surface area contributed by atoms with Gasteiger partial charge in [-0.15, -0.1) is 0 Å². The molecule has 14 heavy (non-hydrogen) atoms. The summed E-state index contributed by atoms with van der Waals surface area (Å²) in [4.78, 5) is 11.8. The van der Waals surface area contributed by atoms with E-state index in [1.54, 1.807) is 19.1 Å². The lowest BCUT2D eigenvalue weighted by molar-refractivity contribution is 0.0992. The van der Waals surface area contributed by atoms with Gasteiger partial charge in [-0.3, -0.25) is 9.00 Å². The van der Waals surface area contributed by atoms with Crippen LogP contribution in [0.5, 0.6) is 0 Å². The van der Waals surface area contributed by atoms with E-state index in [0.29, 0.717) is 11.3 Å². The van der Waals surface area contributed by atoms with Gasteiger partial charge in [0.25, 0.3) is 0 Å². The molecule has 0 aliphatic carbocycles. The Morgan fingerprint density at radius 1 is 1.36 bits per heavy atom. The Morgan fingerprint density at radius 3 is 2.43 bits per heavy atom. The van der Waals surface area contributed by atoms with Crippen molar-refractivity contribution in [2.75, 3.05) is 5.75 Å². The molecule has 3 heteroatoms. The molecule has 0 aliphatic heterocycles. The molecule has 0 amide bonds. The molecule has 0 radical (unpaired) electrons. The van der Waals surface area contributed by atoms with Crippen molar-refractivity contribution >= 4 is 16.6 Å². The van der Waals surface area contributed by atoms with Crippen molar-refractivity contribution in [1.82, 2.24) is 0 Å². The maximum absolute atomic E-state index is 11.8. The van der Waals surface area contributed by atoms with Gasteiger partial charge in [0.05, 0.1) is 5.25 Å². The van der Waals surface area contributed by atoms with E-state index in [1.807, 2.05) is 25.1 Å². The van der Waals surface area contributed by atoms with Crippen molar-refractivity contribution < 1.29 is 9.00 Å². The normalized spacial score (nSPS) is 14.7. The van der Waals surface area contributed by atoms with Crippen molar-refractivity contribution in [3.8, 4) is 0 Å². The summed E-state index contributed by atoms with van der Waals surface area (Å²) in [5.74, 6) is 0.491. The SMILES string of the molecule is CCS(=O)C(C)C(=O)c1ccccc1. The largest absolute Gasteiger partial charge is 0.293 e. The van der Waals surface area contributed by atoms with Crippen LogP contribution in [0.15, 0.2) is 30.3 Å². The first-order valence-electron chi connectivity index (χ1n) is 4.63. The molecule has 0 spiro atoms. The Balaban J connectivity index is 2.81. The third-order valence-electron chi connectivity index (χ3n) is 2.11. The molecule has 0 bridgehead atoms. The van der Waals surface area contributed by atoms with Crippen LogP contribution in [0.4, 0.5) is 0 Å². The molecular formula is C11H14O2S. The average molecular weight is 210 g/mol. The van der Waals surface area contributed by atoms with Gasteiger partial charge in [-0.1, -0.05) is 37.3 Å². The topological polar surface area (TPSA) is 34.1 Å². The minimum atomic E-state index is -1.05. The Labute approximate surface area is 86.8 Å². The second-order valence-electron chi connectivity index (χ2n) is 3.04. The number of hydrogen-bond donors (Lipinski definition) is 0. The first-order valence-corrected chi connectivity index (χ1v) is 6.01. The smallest absolute Gasteiger partial charge is 0.178 e. The third-order valence-corrected chi connectivity index (χ3v) is 3.68. The van der Waals surface area contributed by atoms with Gasteiger partial charge in [0.15, 0.2) is 5.78 Å². The summed E-state index contributed by atoms with van der Waals surface area (Å²) in [6.45, 7) is 3.54. The lowest BCUT2D eigenvalue weighted by Gasteiger charge is -2.08. The molecule has 0 saturated carbocycles. The number of benzene rings is 1. The van der Waals surface area contributed by atoms with Crippen molar-refractivity contribution in [2.24, 2.45) is 0 Å². The highest BCUT2D eigenvalue weighted by Crippen LogP contribution is 2.07. The van der Waals surface area contributed by atoms with Crippen LogP contribution in [-0.2, 0) is 10.8 Å². The van der Waals surface area contributed by atoms with E-state index < -0.39 is 16.0 Å². The molecule has 0 aliphatic rings. The summed E-state index contributed by atoms with van der Waals surface area (Å²) in [6.07, 6.45) is 0. The molecule has 0 N–H and O–H groups in total. The molecular weight excluding hydrogens is 196 g/mol. The van der Waals surface area contributed by atoms with Gasteiger partial charge in [-0.05, 0) is 6.92 Å². The summed E-state index contributed by atoms with van der Waals surface area (Å²) in [5, 5.41) is -0.401. The van der Waals surface area contributed by atoms with Gasteiger partial charge in [-0.2, -0.15) is 0 Å². The van der Waals surface area contributed by atoms with Crippen LogP contribution in [0.2, 0.25) is 0 Å². The number of Topliss-reactive ketones (excluding diaryl/α,β-unsaturated/α-hetero) is 1. The predicted molar refractivity (Wildman–Crippen MR) is 58.9 cm³/mol. The molecule has 76 valence electrons. The zero-order valence-corrected chi connectivity index (χ0v) is 9.21. The molecule has 1 aromatic rings. The highest BCUT2D eigenvalue weighted by molar-refractivity contribution is 7.86. The van der Waals surface area contributed by atoms with E-state index in [4.69, 9.17) is 0 Å². The lowest BCUT2D eigenvalue weighted by Crippen LogP contribution is -2.23. The highest BCUT2D eigenvalue weighted by atomic mass is 32.2. The molecule has 0 saturated heterocycles. The summed E-state index contributed by atoms with van der Waals surface area (Å²) >= 11 is 0. The van der Waals surface area contributed by atoms with Crippen LogP contribution in [0.25, 0.3) is 0 Å². The zero-order chi connectivity index (χ0) is 10.6. The zero-order valence-electron chi connectivity index (χ0n) is 8.40.